The highest BCUT2D eigenvalue weighted by molar-refractivity contribution is 7.18. The Balaban J connectivity index is 2.08. The molecule has 0 fully saturated rings. The molecule has 0 bridgehead atoms. The number of halogens is 2. The van der Waals surface area contributed by atoms with E-state index in [1.54, 1.807) is 6.92 Å². The van der Waals surface area contributed by atoms with Gasteiger partial charge in [0.25, 0.3) is 5.56 Å². The van der Waals surface area contributed by atoms with E-state index in [1.807, 2.05) is 13.8 Å². The summed E-state index contributed by atoms with van der Waals surface area (Å²) >= 11 is 1.37. The minimum absolute atomic E-state index is 0.00711. The van der Waals surface area contributed by atoms with Gasteiger partial charge in [0, 0.05) is 4.88 Å². The van der Waals surface area contributed by atoms with Gasteiger partial charge in [-0.05, 0) is 50.1 Å². The molecule has 29 heavy (non-hydrogen) atoms. The van der Waals surface area contributed by atoms with Crippen molar-refractivity contribution in [1.29, 1.82) is 0 Å². The molecular formula is C20H18F2N2O4S. The summed E-state index contributed by atoms with van der Waals surface area (Å²) < 4.78 is 34.0. The lowest BCUT2D eigenvalue weighted by molar-refractivity contribution is -0.136. The maximum Gasteiger partial charge on any atom is 0.387 e. The predicted molar refractivity (Wildman–Crippen MR) is 107 cm³/mol. The number of carbonyl (C=O) groups is 1. The van der Waals surface area contributed by atoms with E-state index >= 15 is 0 Å². The molecule has 0 amide bonds. The van der Waals surface area contributed by atoms with E-state index in [0.717, 1.165) is 10.4 Å². The Morgan fingerprint density at radius 2 is 1.97 bits per heavy atom. The second kappa shape index (κ2) is 8.52. The number of fused-ring (bicyclic) bond motifs is 1. The zero-order valence-corrected chi connectivity index (χ0v) is 16.7. The smallest absolute Gasteiger partial charge is 0.387 e. The van der Waals surface area contributed by atoms with E-state index in [-0.39, 0.29) is 29.3 Å². The van der Waals surface area contributed by atoms with E-state index in [2.05, 4.69) is 14.7 Å². The van der Waals surface area contributed by atoms with Crippen LogP contribution in [-0.2, 0) is 9.53 Å². The summed E-state index contributed by atoms with van der Waals surface area (Å²) in [5.74, 6) is -0.588. The Bertz CT molecular complexity index is 1130. The number of ether oxygens (including phenoxy) is 2. The molecule has 152 valence electrons. The zero-order chi connectivity index (χ0) is 21.1. The minimum atomic E-state index is -2.93. The van der Waals surface area contributed by atoms with E-state index < -0.39 is 12.6 Å². The summed E-state index contributed by atoms with van der Waals surface area (Å²) in [6.45, 7) is 2.62. The van der Waals surface area contributed by atoms with Gasteiger partial charge >= 0.3 is 12.6 Å². The number of nitrogens with one attached hydrogen (secondary N) is 1. The van der Waals surface area contributed by atoms with Crippen LogP contribution in [0.2, 0.25) is 0 Å². The average Bonchev–Trinajstić information content (AvgIpc) is 2.95. The molecule has 0 radical (unpaired) electrons. The number of aromatic amines is 1. The minimum Gasteiger partial charge on any atom is -0.462 e. The van der Waals surface area contributed by atoms with Crippen molar-refractivity contribution in [3.63, 3.8) is 0 Å². The Labute approximate surface area is 168 Å². The van der Waals surface area contributed by atoms with Crippen molar-refractivity contribution in [2.45, 2.75) is 27.4 Å². The van der Waals surface area contributed by atoms with Crippen molar-refractivity contribution in [1.82, 2.24) is 9.97 Å². The molecule has 0 aliphatic carbocycles. The largest absolute Gasteiger partial charge is 0.462 e. The fourth-order valence-corrected chi connectivity index (χ4v) is 3.76. The number of rotatable bonds is 6. The number of alkyl halides is 2. The van der Waals surface area contributed by atoms with Gasteiger partial charge in [-0.3, -0.25) is 4.79 Å². The van der Waals surface area contributed by atoms with Gasteiger partial charge in [0.15, 0.2) is 0 Å². The Morgan fingerprint density at radius 3 is 2.59 bits per heavy atom. The van der Waals surface area contributed by atoms with E-state index in [4.69, 9.17) is 4.74 Å². The van der Waals surface area contributed by atoms with Crippen LogP contribution in [0.25, 0.3) is 21.9 Å². The Kier molecular flexibility index (Phi) is 6.07. The predicted octanol–water partition coefficient (Wildman–Crippen LogP) is 4.31. The summed E-state index contributed by atoms with van der Waals surface area (Å²) in [5, 5.41) is 0.493. The first-order valence-corrected chi connectivity index (χ1v) is 9.56. The number of H-pyrrole nitrogens is 1. The van der Waals surface area contributed by atoms with E-state index in [9.17, 15) is 18.4 Å². The number of nitrogens with zero attached hydrogens (tertiary/aromatic N) is 1. The molecule has 0 spiro atoms. The number of aryl methyl sites for hydroxylation is 2. The van der Waals surface area contributed by atoms with Crippen LogP contribution in [0.15, 0.2) is 29.1 Å². The van der Waals surface area contributed by atoms with Crippen LogP contribution >= 0.6 is 11.3 Å². The topological polar surface area (TPSA) is 81.3 Å². The van der Waals surface area contributed by atoms with Gasteiger partial charge in [0.2, 0.25) is 0 Å². The van der Waals surface area contributed by atoms with E-state index in [1.165, 1.54) is 41.7 Å². The molecule has 0 aliphatic heterocycles. The number of aromatic nitrogens is 2. The van der Waals surface area contributed by atoms with Crippen molar-refractivity contribution in [2.24, 2.45) is 0 Å². The first-order chi connectivity index (χ1) is 13.8. The lowest BCUT2D eigenvalue weighted by atomic mass is 10.1. The number of carbonyl (C=O) groups excluding carboxylic acids is 1. The van der Waals surface area contributed by atoms with Gasteiger partial charge in [-0.1, -0.05) is 12.1 Å². The normalized spacial score (nSPS) is 11.9. The van der Waals surface area contributed by atoms with Crippen LogP contribution in [0.5, 0.6) is 5.75 Å². The second-order valence-electron chi connectivity index (χ2n) is 6.10. The monoisotopic (exact) mass is 420 g/mol. The van der Waals surface area contributed by atoms with Crippen molar-refractivity contribution in [3.8, 4) is 5.75 Å². The third-order valence-corrected chi connectivity index (χ3v) is 5.31. The van der Waals surface area contributed by atoms with Crippen LogP contribution < -0.4 is 10.3 Å². The van der Waals surface area contributed by atoms with Gasteiger partial charge < -0.3 is 14.5 Å². The highest BCUT2D eigenvalue weighted by atomic mass is 32.1. The summed E-state index contributed by atoms with van der Waals surface area (Å²) in [4.78, 5) is 33.6. The highest BCUT2D eigenvalue weighted by Gasteiger charge is 2.19. The molecule has 0 unspecified atom stereocenters. The van der Waals surface area contributed by atoms with E-state index in [0.29, 0.717) is 15.8 Å². The third-order valence-electron chi connectivity index (χ3n) is 4.21. The zero-order valence-electron chi connectivity index (χ0n) is 15.9. The van der Waals surface area contributed by atoms with Crippen LogP contribution in [-0.4, -0.2) is 29.2 Å². The van der Waals surface area contributed by atoms with Crippen molar-refractivity contribution in [2.75, 3.05) is 6.61 Å². The molecule has 0 aliphatic rings. The van der Waals surface area contributed by atoms with Gasteiger partial charge in [-0.2, -0.15) is 8.78 Å². The highest BCUT2D eigenvalue weighted by Crippen LogP contribution is 2.27. The van der Waals surface area contributed by atoms with Crippen molar-refractivity contribution < 1.29 is 23.0 Å². The molecule has 3 aromatic rings. The molecule has 3 rings (SSSR count). The Hall–Kier alpha value is -3.07. The molecule has 1 aromatic carbocycles. The second-order valence-corrected chi connectivity index (χ2v) is 7.31. The van der Waals surface area contributed by atoms with Gasteiger partial charge in [0.1, 0.15) is 22.0 Å². The molecule has 9 heteroatoms. The first-order valence-electron chi connectivity index (χ1n) is 8.74. The van der Waals surface area contributed by atoms with Crippen LogP contribution in [0, 0.1) is 13.8 Å². The number of hydrogen-bond donors (Lipinski definition) is 1. The lowest BCUT2D eigenvalue weighted by Gasteiger charge is -2.08. The van der Waals surface area contributed by atoms with Crippen LogP contribution in [0.3, 0.4) is 0 Å². The Morgan fingerprint density at radius 1 is 1.28 bits per heavy atom. The summed E-state index contributed by atoms with van der Waals surface area (Å²) in [6, 6.07) is 5.72. The average molecular weight is 420 g/mol. The maximum atomic E-state index is 12.6. The summed E-state index contributed by atoms with van der Waals surface area (Å²) in [7, 11) is 0. The van der Waals surface area contributed by atoms with Crippen LogP contribution in [0.4, 0.5) is 8.78 Å². The van der Waals surface area contributed by atoms with Gasteiger partial charge in [-0.25, -0.2) is 9.78 Å². The van der Waals surface area contributed by atoms with Crippen LogP contribution in [0.1, 0.15) is 28.8 Å². The van der Waals surface area contributed by atoms with Crippen molar-refractivity contribution >= 4 is 39.2 Å². The molecule has 2 aromatic heterocycles. The maximum absolute atomic E-state index is 12.6. The summed E-state index contributed by atoms with van der Waals surface area (Å²) in [6.07, 6.45) is 1.47. The number of hydrogen-bond acceptors (Lipinski definition) is 6. The molecule has 6 nitrogen and oxygen atoms in total. The lowest BCUT2D eigenvalue weighted by Crippen LogP contribution is -2.15. The molecule has 0 atom stereocenters. The molecule has 0 saturated carbocycles. The molecule has 0 saturated heterocycles. The number of thiophene rings is 1. The quantitative estimate of drug-likeness (QED) is 0.475. The first kappa shape index (κ1) is 20.7. The third kappa shape index (κ3) is 4.51. The fraction of sp³-hybridized carbons (Fsp3) is 0.250. The number of esters is 1. The SMILES string of the molecule is CCOC(=O)C(=Cc1ccc(OC(F)F)cc1)c1nc2sc(C)c(C)c2c(=O)[nH]1. The summed E-state index contributed by atoms with van der Waals surface area (Å²) in [5.41, 5.74) is 1.08. The van der Waals surface area contributed by atoms with Crippen molar-refractivity contribution in [3.05, 3.63) is 56.4 Å². The molecule has 1 N–H and O–H groups in total. The number of benzene rings is 1. The molecular weight excluding hydrogens is 402 g/mol. The standard InChI is InChI=1S/C20H18F2N2O4S/c1-4-27-19(26)14(9-12-5-7-13(8-6-12)28-20(21)22)16-23-17(25)15-10(2)11(3)29-18(15)24-16/h5-9,20H,4H2,1-3H3,(H,23,24,25). The molecule has 2 heterocycles. The van der Waals surface area contributed by atoms with Gasteiger partial charge in [0.05, 0.1) is 12.0 Å². The van der Waals surface area contributed by atoms with Gasteiger partial charge in [-0.15, -0.1) is 11.3 Å². The fourth-order valence-electron chi connectivity index (χ4n) is 2.73.